The van der Waals surface area contributed by atoms with Crippen LogP contribution in [0.4, 0.5) is 10.6 Å². The van der Waals surface area contributed by atoms with E-state index in [0.29, 0.717) is 13.1 Å². The fraction of sp³-hybridized carbons (Fsp3) is 0.294. The van der Waals surface area contributed by atoms with Crippen LogP contribution in [0, 0.1) is 0 Å². The van der Waals surface area contributed by atoms with E-state index in [2.05, 4.69) is 25.3 Å². The second-order valence-electron chi connectivity index (χ2n) is 6.05. The highest BCUT2D eigenvalue weighted by molar-refractivity contribution is 5.78. The van der Waals surface area contributed by atoms with Crippen molar-refractivity contribution >= 4 is 23.1 Å². The van der Waals surface area contributed by atoms with Gasteiger partial charge >= 0.3 is 6.09 Å². The molecule has 8 heteroatoms. The van der Waals surface area contributed by atoms with Gasteiger partial charge in [0.05, 0.1) is 11.9 Å². The first-order valence-electron chi connectivity index (χ1n) is 8.20. The molecular weight excluding hydrogens is 320 g/mol. The molecule has 8 nitrogen and oxygen atoms in total. The summed E-state index contributed by atoms with van der Waals surface area (Å²) in [6, 6.07) is 5.91. The molecule has 4 heterocycles. The number of piperidine rings is 1. The molecule has 0 aliphatic carbocycles. The van der Waals surface area contributed by atoms with Crippen LogP contribution in [0.2, 0.25) is 0 Å². The molecule has 4 rings (SSSR count). The number of rotatable bonds is 3. The summed E-state index contributed by atoms with van der Waals surface area (Å²) in [5, 5.41) is 12.5. The van der Waals surface area contributed by atoms with E-state index in [4.69, 9.17) is 5.11 Å². The monoisotopic (exact) mass is 338 g/mol. The number of likely N-dealkylation sites (tertiary alicyclic amines) is 1. The van der Waals surface area contributed by atoms with Gasteiger partial charge in [0.2, 0.25) is 0 Å². The summed E-state index contributed by atoms with van der Waals surface area (Å²) in [6.07, 6.45) is 5.93. The van der Waals surface area contributed by atoms with Crippen molar-refractivity contribution < 1.29 is 9.90 Å². The molecule has 0 atom stereocenters. The smallest absolute Gasteiger partial charge is 0.407 e. The quantitative estimate of drug-likeness (QED) is 0.677. The highest BCUT2D eigenvalue weighted by atomic mass is 16.4. The molecule has 0 radical (unpaired) electrons. The van der Waals surface area contributed by atoms with E-state index in [0.717, 1.165) is 41.1 Å². The normalized spacial score (nSPS) is 15.4. The lowest BCUT2D eigenvalue weighted by molar-refractivity contribution is 0.134. The van der Waals surface area contributed by atoms with Gasteiger partial charge in [-0.05, 0) is 31.0 Å². The summed E-state index contributed by atoms with van der Waals surface area (Å²) in [5.41, 5.74) is 3.20. The van der Waals surface area contributed by atoms with Crippen LogP contribution < -0.4 is 5.32 Å². The number of amides is 1. The number of H-pyrrole nitrogens is 1. The van der Waals surface area contributed by atoms with Crippen molar-refractivity contribution in [2.45, 2.75) is 18.9 Å². The topological polar surface area (TPSA) is 107 Å². The Bertz CT molecular complexity index is 901. The predicted octanol–water partition coefficient (Wildman–Crippen LogP) is 2.57. The molecule has 0 saturated carbocycles. The number of nitrogens with zero attached hydrogens (tertiary/aromatic N) is 4. The molecule has 128 valence electrons. The summed E-state index contributed by atoms with van der Waals surface area (Å²) in [4.78, 5) is 29.0. The van der Waals surface area contributed by atoms with Crippen molar-refractivity contribution in [1.82, 2.24) is 24.8 Å². The molecule has 0 aromatic carbocycles. The molecule has 0 unspecified atom stereocenters. The summed E-state index contributed by atoms with van der Waals surface area (Å²) in [5.74, 6) is 0.750. The van der Waals surface area contributed by atoms with E-state index < -0.39 is 6.09 Å². The average molecular weight is 338 g/mol. The van der Waals surface area contributed by atoms with Crippen LogP contribution in [0.3, 0.4) is 0 Å². The highest BCUT2D eigenvalue weighted by Gasteiger charge is 2.23. The number of hydrogen-bond acceptors (Lipinski definition) is 5. The molecule has 3 N–H and O–H groups in total. The number of carboxylic acid groups (broad SMARTS) is 1. The second-order valence-corrected chi connectivity index (χ2v) is 6.05. The summed E-state index contributed by atoms with van der Waals surface area (Å²) >= 11 is 0. The van der Waals surface area contributed by atoms with Crippen molar-refractivity contribution in [3.05, 3.63) is 36.8 Å². The van der Waals surface area contributed by atoms with Gasteiger partial charge in [-0.2, -0.15) is 0 Å². The number of aromatic amines is 1. The lowest BCUT2D eigenvalue weighted by atomic mass is 10.0. The van der Waals surface area contributed by atoms with Crippen molar-refractivity contribution in [1.29, 1.82) is 0 Å². The molecule has 1 saturated heterocycles. The molecule has 0 bridgehead atoms. The van der Waals surface area contributed by atoms with Gasteiger partial charge in [-0.3, -0.25) is 0 Å². The zero-order valence-electron chi connectivity index (χ0n) is 13.5. The number of carbonyl (C=O) groups is 1. The lowest BCUT2D eigenvalue weighted by Crippen LogP contribution is -2.41. The van der Waals surface area contributed by atoms with Crippen LogP contribution in [0.5, 0.6) is 0 Å². The number of nitrogens with one attached hydrogen (secondary N) is 2. The zero-order valence-corrected chi connectivity index (χ0v) is 13.5. The van der Waals surface area contributed by atoms with Gasteiger partial charge in [0, 0.05) is 37.1 Å². The van der Waals surface area contributed by atoms with Gasteiger partial charge in [-0.15, -0.1) is 0 Å². The van der Waals surface area contributed by atoms with E-state index in [1.54, 1.807) is 12.4 Å². The van der Waals surface area contributed by atoms with Crippen LogP contribution >= 0.6 is 0 Å². The SMILES string of the molecule is O=C(O)N1CCC(Nc2ncccc2-c2cnc3[nH]ccc3n2)CC1. The minimum atomic E-state index is -0.855. The van der Waals surface area contributed by atoms with E-state index in [-0.39, 0.29) is 6.04 Å². The van der Waals surface area contributed by atoms with Crippen LogP contribution in [0.25, 0.3) is 22.4 Å². The summed E-state index contributed by atoms with van der Waals surface area (Å²) in [7, 11) is 0. The first-order valence-corrected chi connectivity index (χ1v) is 8.20. The third-order valence-electron chi connectivity index (χ3n) is 4.45. The Hall–Kier alpha value is -3.16. The first-order chi connectivity index (χ1) is 12.2. The molecule has 1 fully saturated rings. The lowest BCUT2D eigenvalue weighted by Gasteiger charge is -2.31. The Labute approximate surface area is 143 Å². The number of fused-ring (bicyclic) bond motifs is 1. The average Bonchev–Trinajstić information content (AvgIpc) is 3.10. The van der Waals surface area contributed by atoms with Crippen LogP contribution in [0.15, 0.2) is 36.8 Å². The van der Waals surface area contributed by atoms with Crippen molar-refractivity contribution in [2.75, 3.05) is 18.4 Å². The third kappa shape index (κ3) is 3.10. The van der Waals surface area contributed by atoms with Gasteiger partial charge in [0.1, 0.15) is 11.3 Å². The Balaban J connectivity index is 1.56. The standard InChI is InChI=1S/C17H18N6O2/c24-17(25)23-8-4-11(5-9-23)21-15-12(2-1-6-18-15)14-10-20-16-13(22-14)3-7-19-16/h1-3,6-7,10-11H,4-5,8-9H2,(H,18,21)(H,19,20)(H,24,25). The van der Waals surface area contributed by atoms with Gasteiger partial charge < -0.3 is 20.3 Å². The second kappa shape index (κ2) is 6.39. The first kappa shape index (κ1) is 15.4. The molecule has 1 aliphatic rings. The largest absolute Gasteiger partial charge is 0.465 e. The Morgan fingerprint density at radius 2 is 2.12 bits per heavy atom. The van der Waals surface area contributed by atoms with E-state index in [1.165, 1.54) is 4.90 Å². The molecule has 1 amide bonds. The zero-order chi connectivity index (χ0) is 17.2. The van der Waals surface area contributed by atoms with Crippen molar-refractivity contribution in [2.24, 2.45) is 0 Å². The Morgan fingerprint density at radius 3 is 2.92 bits per heavy atom. The van der Waals surface area contributed by atoms with Crippen LogP contribution in [-0.4, -0.2) is 55.2 Å². The molecule has 0 spiro atoms. The fourth-order valence-electron chi connectivity index (χ4n) is 3.10. The van der Waals surface area contributed by atoms with E-state index in [1.807, 2.05) is 24.4 Å². The number of anilines is 1. The van der Waals surface area contributed by atoms with Crippen molar-refractivity contribution in [3.8, 4) is 11.3 Å². The number of hydrogen-bond donors (Lipinski definition) is 3. The van der Waals surface area contributed by atoms with Crippen LogP contribution in [-0.2, 0) is 0 Å². The molecule has 3 aromatic rings. The molecule has 25 heavy (non-hydrogen) atoms. The number of aromatic nitrogens is 4. The fourth-order valence-corrected chi connectivity index (χ4v) is 3.10. The summed E-state index contributed by atoms with van der Waals surface area (Å²) in [6.45, 7) is 1.06. The van der Waals surface area contributed by atoms with Gasteiger partial charge in [0.15, 0.2) is 5.65 Å². The maximum absolute atomic E-state index is 11.0. The van der Waals surface area contributed by atoms with E-state index >= 15 is 0 Å². The third-order valence-corrected chi connectivity index (χ3v) is 4.45. The number of pyridine rings is 1. The maximum Gasteiger partial charge on any atom is 0.407 e. The maximum atomic E-state index is 11.0. The highest BCUT2D eigenvalue weighted by Crippen LogP contribution is 2.27. The molecule has 3 aromatic heterocycles. The van der Waals surface area contributed by atoms with E-state index in [9.17, 15) is 4.79 Å². The van der Waals surface area contributed by atoms with Crippen molar-refractivity contribution in [3.63, 3.8) is 0 Å². The van der Waals surface area contributed by atoms with Crippen LogP contribution in [0.1, 0.15) is 12.8 Å². The minimum Gasteiger partial charge on any atom is -0.465 e. The molecular formula is C17H18N6O2. The van der Waals surface area contributed by atoms with Gasteiger partial charge in [-0.1, -0.05) is 0 Å². The van der Waals surface area contributed by atoms with Gasteiger partial charge in [0.25, 0.3) is 0 Å². The minimum absolute atomic E-state index is 0.188. The predicted molar refractivity (Wildman–Crippen MR) is 93.4 cm³/mol. The Kier molecular flexibility index (Phi) is 3.93. The van der Waals surface area contributed by atoms with Gasteiger partial charge in [-0.25, -0.2) is 19.7 Å². The summed E-state index contributed by atoms with van der Waals surface area (Å²) < 4.78 is 0. The molecule has 1 aliphatic heterocycles. The Morgan fingerprint density at radius 1 is 1.28 bits per heavy atom.